The Balaban J connectivity index is 2.29. The van der Waals surface area contributed by atoms with Crippen LogP contribution in [-0.4, -0.2) is 31.6 Å². The molecule has 0 radical (unpaired) electrons. The summed E-state index contributed by atoms with van der Waals surface area (Å²) >= 11 is 0. The van der Waals surface area contributed by atoms with Crippen LogP contribution in [0.5, 0.6) is 0 Å². The second-order valence-corrected chi connectivity index (χ2v) is 4.72. The molecule has 100 valence electrons. The normalized spacial score (nSPS) is 23.9. The average Bonchev–Trinajstić information content (AvgIpc) is 2.36. The van der Waals surface area contributed by atoms with Crippen molar-refractivity contribution in [1.29, 1.82) is 0 Å². The monoisotopic (exact) mass is 254 g/mol. The maximum atomic E-state index is 11.9. The van der Waals surface area contributed by atoms with Gasteiger partial charge in [-0.1, -0.05) is 12.8 Å². The maximum absolute atomic E-state index is 11.9. The molecular weight excluding hydrogens is 236 g/mol. The minimum Gasteiger partial charge on any atom is -0.391 e. The number of nitrogens with one attached hydrogen (secondary N) is 1. The van der Waals surface area contributed by atoms with Crippen LogP contribution in [0, 0.1) is 0 Å². The summed E-state index contributed by atoms with van der Waals surface area (Å²) in [5.74, 6) is 0.116. The molecule has 7 heteroatoms. The van der Waals surface area contributed by atoms with Crippen molar-refractivity contribution in [1.82, 2.24) is 14.3 Å². The summed E-state index contributed by atoms with van der Waals surface area (Å²) in [6.07, 6.45) is 3.07. The smallest absolute Gasteiger partial charge is 0.346 e. The van der Waals surface area contributed by atoms with Crippen molar-refractivity contribution in [2.45, 2.75) is 37.8 Å². The Labute approximate surface area is 104 Å². The highest BCUT2D eigenvalue weighted by molar-refractivity contribution is 5.31. The largest absolute Gasteiger partial charge is 0.391 e. The molecule has 1 aliphatic rings. The number of hydrogen-bond acceptors (Lipinski definition) is 5. The number of nitrogens with zero attached hydrogens (tertiary/aromatic N) is 3. The van der Waals surface area contributed by atoms with Crippen molar-refractivity contribution in [3.8, 4) is 0 Å². The Morgan fingerprint density at radius 3 is 2.61 bits per heavy atom. The predicted octanol–water partition coefficient (Wildman–Crippen LogP) is -0.806. The van der Waals surface area contributed by atoms with Gasteiger partial charge in [0.1, 0.15) is 0 Å². The highest BCUT2D eigenvalue weighted by Crippen LogP contribution is 2.20. The van der Waals surface area contributed by atoms with Gasteiger partial charge in [-0.05, 0) is 12.8 Å². The minimum absolute atomic E-state index is 0.116. The molecule has 2 atom stereocenters. The van der Waals surface area contributed by atoms with Crippen molar-refractivity contribution in [3.05, 3.63) is 20.8 Å². The van der Waals surface area contributed by atoms with E-state index in [1.54, 1.807) is 0 Å². The first-order valence-corrected chi connectivity index (χ1v) is 6.09. The summed E-state index contributed by atoms with van der Waals surface area (Å²) in [4.78, 5) is 23.3. The van der Waals surface area contributed by atoms with E-state index < -0.39 is 17.4 Å². The van der Waals surface area contributed by atoms with Crippen molar-refractivity contribution < 1.29 is 5.11 Å². The van der Waals surface area contributed by atoms with Gasteiger partial charge < -0.3 is 10.4 Å². The molecule has 0 aromatic carbocycles. The van der Waals surface area contributed by atoms with E-state index >= 15 is 0 Å². The number of aromatic nitrogens is 3. The van der Waals surface area contributed by atoms with E-state index in [2.05, 4.69) is 10.4 Å². The van der Waals surface area contributed by atoms with Gasteiger partial charge in [0.15, 0.2) is 0 Å². The zero-order chi connectivity index (χ0) is 13.3. The molecule has 2 unspecified atom stereocenters. The Morgan fingerprint density at radius 1 is 1.28 bits per heavy atom. The molecule has 1 saturated carbocycles. The molecule has 0 spiro atoms. The molecule has 1 aliphatic carbocycles. The number of anilines is 1. The summed E-state index contributed by atoms with van der Waals surface area (Å²) in [6, 6.07) is -0.170. The summed E-state index contributed by atoms with van der Waals surface area (Å²) < 4.78 is 2.11. The Bertz CT molecular complexity index is 548. The third kappa shape index (κ3) is 2.31. The van der Waals surface area contributed by atoms with Gasteiger partial charge in [0, 0.05) is 14.1 Å². The van der Waals surface area contributed by atoms with Crippen LogP contribution in [0.4, 0.5) is 5.82 Å². The van der Waals surface area contributed by atoms with E-state index in [9.17, 15) is 14.7 Å². The van der Waals surface area contributed by atoms with Crippen LogP contribution >= 0.6 is 0 Å². The lowest BCUT2D eigenvalue weighted by Gasteiger charge is -2.28. The molecule has 2 rings (SSSR count). The van der Waals surface area contributed by atoms with Crippen molar-refractivity contribution in [2.75, 3.05) is 5.32 Å². The van der Waals surface area contributed by atoms with Crippen molar-refractivity contribution in [3.63, 3.8) is 0 Å². The molecule has 1 aromatic heterocycles. The molecule has 1 heterocycles. The van der Waals surface area contributed by atoms with Crippen LogP contribution in [0.1, 0.15) is 25.7 Å². The molecular formula is C11H18N4O3. The fourth-order valence-electron chi connectivity index (χ4n) is 2.24. The van der Waals surface area contributed by atoms with E-state index in [0.717, 1.165) is 34.9 Å². The molecule has 0 saturated heterocycles. The maximum Gasteiger partial charge on any atom is 0.346 e. The first kappa shape index (κ1) is 12.8. The Morgan fingerprint density at radius 2 is 1.94 bits per heavy atom. The van der Waals surface area contributed by atoms with Crippen molar-refractivity contribution in [2.24, 2.45) is 14.1 Å². The van der Waals surface area contributed by atoms with E-state index in [1.165, 1.54) is 14.1 Å². The summed E-state index contributed by atoms with van der Waals surface area (Å²) in [7, 11) is 2.90. The summed E-state index contributed by atoms with van der Waals surface area (Å²) in [6.45, 7) is 0. The van der Waals surface area contributed by atoms with Gasteiger partial charge in [0.25, 0.3) is 5.56 Å². The van der Waals surface area contributed by atoms with Crippen LogP contribution in [-0.2, 0) is 14.1 Å². The third-order valence-corrected chi connectivity index (χ3v) is 3.37. The quantitative estimate of drug-likeness (QED) is 0.721. The zero-order valence-electron chi connectivity index (χ0n) is 10.6. The summed E-state index contributed by atoms with van der Waals surface area (Å²) in [5.41, 5.74) is -0.925. The predicted molar refractivity (Wildman–Crippen MR) is 66.6 cm³/mol. The summed E-state index contributed by atoms with van der Waals surface area (Å²) in [5, 5.41) is 16.7. The van der Waals surface area contributed by atoms with E-state index in [1.807, 2.05) is 0 Å². The van der Waals surface area contributed by atoms with Gasteiger partial charge in [-0.3, -0.25) is 9.36 Å². The van der Waals surface area contributed by atoms with Crippen LogP contribution < -0.4 is 16.6 Å². The number of aliphatic hydroxyl groups is 1. The fraction of sp³-hybridized carbons (Fsp3) is 0.727. The van der Waals surface area contributed by atoms with Gasteiger partial charge in [0.05, 0.1) is 12.1 Å². The van der Waals surface area contributed by atoms with Crippen LogP contribution in [0.25, 0.3) is 0 Å². The first-order chi connectivity index (χ1) is 8.50. The number of rotatable bonds is 2. The van der Waals surface area contributed by atoms with Gasteiger partial charge in [-0.15, -0.1) is 5.10 Å². The Kier molecular flexibility index (Phi) is 3.51. The molecule has 18 heavy (non-hydrogen) atoms. The number of hydrogen-bond donors (Lipinski definition) is 2. The van der Waals surface area contributed by atoms with Crippen molar-refractivity contribution >= 4 is 5.82 Å². The highest BCUT2D eigenvalue weighted by Gasteiger charge is 2.24. The number of aryl methyl sites for hydroxylation is 1. The molecule has 1 aromatic rings. The van der Waals surface area contributed by atoms with E-state index in [-0.39, 0.29) is 11.9 Å². The van der Waals surface area contributed by atoms with Gasteiger partial charge in [0.2, 0.25) is 5.82 Å². The van der Waals surface area contributed by atoms with E-state index in [4.69, 9.17) is 0 Å². The van der Waals surface area contributed by atoms with Crippen LogP contribution in [0.2, 0.25) is 0 Å². The van der Waals surface area contributed by atoms with Crippen LogP contribution in [0.3, 0.4) is 0 Å². The number of aliphatic hydroxyl groups excluding tert-OH is 1. The minimum atomic E-state index is -0.470. The van der Waals surface area contributed by atoms with Gasteiger partial charge in [-0.25, -0.2) is 9.48 Å². The lowest BCUT2D eigenvalue weighted by atomic mass is 9.93. The lowest BCUT2D eigenvalue weighted by molar-refractivity contribution is 0.116. The SMILES string of the molecule is Cn1nc(NC2CCCCC2O)c(=O)n(C)c1=O. The first-order valence-electron chi connectivity index (χ1n) is 6.09. The second-order valence-electron chi connectivity index (χ2n) is 4.72. The molecule has 7 nitrogen and oxygen atoms in total. The molecule has 0 bridgehead atoms. The Hall–Kier alpha value is -1.63. The van der Waals surface area contributed by atoms with E-state index in [0.29, 0.717) is 0 Å². The third-order valence-electron chi connectivity index (χ3n) is 3.37. The topological polar surface area (TPSA) is 89.2 Å². The van der Waals surface area contributed by atoms with Gasteiger partial charge in [-0.2, -0.15) is 0 Å². The zero-order valence-corrected chi connectivity index (χ0v) is 10.6. The average molecular weight is 254 g/mol. The fourth-order valence-corrected chi connectivity index (χ4v) is 2.24. The second kappa shape index (κ2) is 4.93. The van der Waals surface area contributed by atoms with Gasteiger partial charge >= 0.3 is 5.69 Å². The highest BCUT2D eigenvalue weighted by atomic mass is 16.3. The van der Waals surface area contributed by atoms with Crippen LogP contribution in [0.15, 0.2) is 9.59 Å². The molecule has 0 amide bonds. The molecule has 0 aliphatic heterocycles. The standard InChI is InChI=1S/C11H18N4O3/c1-14-10(17)9(13-15(2)11(14)18)12-7-5-3-4-6-8(7)16/h7-8,16H,3-6H2,1-2H3,(H,12,13). The molecule has 2 N–H and O–H groups in total. The lowest BCUT2D eigenvalue weighted by Crippen LogP contribution is -2.44. The molecule has 1 fully saturated rings.